The normalized spacial score (nSPS) is 20.5. The van der Waals surface area contributed by atoms with E-state index in [9.17, 15) is 18.0 Å². The molecule has 24 heavy (non-hydrogen) atoms. The first-order chi connectivity index (χ1) is 10.8. The summed E-state index contributed by atoms with van der Waals surface area (Å²) in [5.41, 5.74) is -4.58. The van der Waals surface area contributed by atoms with Crippen molar-refractivity contribution >= 4 is 16.0 Å². The van der Waals surface area contributed by atoms with E-state index < -0.39 is 15.6 Å². The van der Waals surface area contributed by atoms with Crippen LogP contribution in [0.5, 0.6) is 0 Å². The van der Waals surface area contributed by atoms with E-state index in [4.69, 9.17) is 13.0 Å². The molecule has 10 heteroatoms. The van der Waals surface area contributed by atoms with Crippen molar-refractivity contribution < 1.29 is 30.9 Å². The summed E-state index contributed by atoms with van der Waals surface area (Å²) < 4.78 is 57.5. The van der Waals surface area contributed by atoms with Gasteiger partial charge in [-0.25, -0.2) is 0 Å². The number of nitrogens with one attached hydrogen (secondary N) is 1. The van der Waals surface area contributed by atoms with Crippen molar-refractivity contribution in [2.24, 2.45) is 0 Å². The Morgan fingerprint density at radius 1 is 1.25 bits per heavy atom. The maximum Gasteiger partial charge on any atom is 0.522 e. The Kier molecular flexibility index (Phi) is 6.01. The molecule has 0 aliphatic carbocycles. The number of hydrogen-bond acceptors (Lipinski definition) is 4. The molecule has 1 aromatic carbocycles. The molecular formula is C14H19F3N2O4S. The number of carbonyl (C=O) groups excluding carboxylic acids is 1. The zero-order chi connectivity index (χ0) is 18.8. The van der Waals surface area contributed by atoms with Gasteiger partial charge >= 0.3 is 15.6 Å². The summed E-state index contributed by atoms with van der Waals surface area (Å²) in [6.45, 7) is 4.05. The number of benzene rings is 1. The number of carbonyl (C=O) groups is 1. The Morgan fingerprint density at radius 3 is 2.04 bits per heavy atom. The van der Waals surface area contributed by atoms with E-state index >= 15 is 0 Å². The molecule has 1 atom stereocenters. The van der Waals surface area contributed by atoms with Crippen molar-refractivity contribution in [3.8, 4) is 0 Å². The Bertz CT molecular complexity index is 675. The minimum atomic E-state index is -5.84. The molecule has 0 aromatic heterocycles. The molecule has 2 N–H and O–H groups in total. The Balaban J connectivity index is 0.000000307. The van der Waals surface area contributed by atoms with Crippen LogP contribution < -0.4 is 5.32 Å². The standard InChI is InChI=1S/C13H18N2O.CHF3O3S/c1-13(2)14-11(12(16)15(13)3)9-10-7-5-4-6-8-10;2-1(3,4)8(5,6)7/h4-8,11,14H,9H2,1-3H3;(H,5,6,7)/t11-;/m1./s1. The predicted molar refractivity (Wildman–Crippen MR) is 81.5 cm³/mol. The number of alkyl halides is 3. The highest BCUT2D eigenvalue weighted by Crippen LogP contribution is 2.21. The van der Waals surface area contributed by atoms with E-state index in [2.05, 4.69) is 17.4 Å². The summed E-state index contributed by atoms with van der Waals surface area (Å²) in [6.07, 6.45) is 0.757. The highest BCUT2D eigenvalue weighted by atomic mass is 32.2. The lowest BCUT2D eigenvalue weighted by molar-refractivity contribution is -0.129. The molecule has 1 fully saturated rings. The predicted octanol–water partition coefficient (Wildman–Crippen LogP) is 1.79. The van der Waals surface area contributed by atoms with Gasteiger partial charge in [0.05, 0.1) is 11.7 Å². The van der Waals surface area contributed by atoms with Crippen LogP contribution >= 0.6 is 0 Å². The van der Waals surface area contributed by atoms with Gasteiger partial charge in [0, 0.05) is 7.05 Å². The zero-order valence-electron chi connectivity index (χ0n) is 13.3. The molecule has 1 aromatic rings. The molecule has 0 radical (unpaired) electrons. The number of amides is 1. The first-order valence-electron chi connectivity index (χ1n) is 6.89. The van der Waals surface area contributed by atoms with Crippen LogP contribution in [0.4, 0.5) is 13.2 Å². The van der Waals surface area contributed by atoms with Gasteiger partial charge in [-0.3, -0.25) is 14.7 Å². The van der Waals surface area contributed by atoms with Gasteiger partial charge in [0.25, 0.3) is 0 Å². The molecule has 136 valence electrons. The average molecular weight is 368 g/mol. The zero-order valence-corrected chi connectivity index (χ0v) is 14.1. The third-order valence-electron chi connectivity index (χ3n) is 3.57. The lowest BCUT2D eigenvalue weighted by Crippen LogP contribution is -2.45. The van der Waals surface area contributed by atoms with Gasteiger partial charge in [-0.05, 0) is 25.8 Å². The van der Waals surface area contributed by atoms with Gasteiger partial charge in [-0.15, -0.1) is 0 Å². The number of rotatable bonds is 2. The van der Waals surface area contributed by atoms with Crippen LogP contribution in [0.1, 0.15) is 19.4 Å². The molecule has 0 spiro atoms. The molecule has 0 bridgehead atoms. The monoisotopic (exact) mass is 368 g/mol. The second-order valence-electron chi connectivity index (χ2n) is 5.76. The largest absolute Gasteiger partial charge is 0.522 e. The van der Waals surface area contributed by atoms with Crippen LogP contribution in [0.2, 0.25) is 0 Å². The third-order valence-corrected chi connectivity index (χ3v) is 4.15. The van der Waals surface area contributed by atoms with Crippen LogP contribution in [0, 0.1) is 0 Å². The summed E-state index contributed by atoms with van der Waals surface area (Å²) >= 11 is 0. The van der Waals surface area contributed by atoms with E-state index in [1.807, 2.05) is 39.1 Å². The Hall–Kier alpha value is -1.65. The molecule has 1 heterocycles. The van der Waals surface area contributed by atoms with Gasteiger partial charge in [-0.1, -0.05) is 30.3 Å². The first kappa shape index (κ1) is 20.4. The molecule has 6 nitrogen and oxygen atoms in total. The van der Waals surface area contributed by atoms with Gasteiger partial charge < -0.3 is 4.90 Å². The van der Waals surface area contributed by atoms with E-state index in [-0.39, 0.29) is 17.6 Å². The van der Waals surface area contributed by atoms with Crippen LogP contribution in [0.15, 0.2) is 30.3 Å². The quantitative estimate of drug-likeness (QED) is 0.614. The maximum absolute atomic E-state index is 12.0. The molecular weight excluding hydrogens is 349 g/mol. The van der Waals surface area contributed by atoms with Gasteiger partial charge in [0.2, 0.25) is 5.91 Å². The first-order valence-corrected chi connectivity index (χ1v) is 8.33. The van der Waals surface area contributed by atoms with Crippen LogP contribution in [-0.2, 0) is 21.3 Å². The van der Waals surface area contributed by atoms with E-state index in [0.29, 0.717) is 0 Å². The highest BCUT2D eigenvalue weighted by Gasteiger charge is 2.44. The number of halogens is 3. The van der Waals surface area contributed by atoms with Crippen molar-refractivity contribution in [3.63, 3.8) is 0 Å². The molecule has 1 aliphatic heterocycles. The van der Waals surface area contributed by atoms with Gasteiger partial charge in [-0.2, -0.15) is 21.6 Å². The summed E-state index contributed by atoms with van der Waals surface area (Å²) in [5.74, 6) is 0.175. The Labute approximate surface area is 138 Å². The summed E-state index contributed by atoms with van der Waals surface area (Å²) in [6, 6.07) is 10.0. The number of hydrogen-bond donors (Lipinski definition) is 2. The van der Waals surface area contributed by atoms with Crippen molar-refractivity contribution in [1.29, 1.82) is 0 Å². The van der Waals surface area contributed by atoms with Crippen molar-refractivity contribution in [1.82, 2.24) is 10.2 Å². The average Bonchev–Trinajstić information content (AvgIpc) is 2.62. The smallest absolute Gasteiger partial charge is 0.327 e. The van der Waals surface area contributed by atoms with Crippen molar-refractivity contribution in [2.75, 3.05) is 7.05 Å². The highest BCUT2D eigenvalue weighted by molar-refractivity contribution is 7.86. The van der Waals surface area contributed by atoms with E-state index in [0.717, 1.165) is 6.42 Å². The SMILES string of the molecule is CN1C(=O)[C@@H](Cc2ccccc2)NC1(C)C.O=S(=O)(O)C(F)(F)F. The second-order valence-corrected chi connectivity index (χ2v) is 7.18. The van der Waals surface area contributed by atoms with Gasteiger partial charge in [0.1, 0.15) is 0 Å². The van der Waals surface area contributed by atoms with Crippen molar-refractivity contribution in [2.45, 2.75) is 37.5 Å². The minimum absolute atomic E-state index is 0.0950. The van der Waals surface area contributed by atoms with Crippen LogP contribution in [-0.4, -0.2) is 48.0 Å². The van der Waals surface area contributed by atoms with Crippen molar-refractivity contribution in [3.05, 3.63) is 35.9 Å². The van der Waals surface area contributed by atoms with E-state index in [1.54, 1.807) is 4.90 Å². The minimum Gasteiger partial charge on any atom is -0.327 e. The number of likely N-dealkylation sites (N-methyl/N-ethyl adjacent to an activating group) is 1. The lowest BCUT2D eigenvalue weighted by atomic mass is 10.1. The molecule has 1 amide bonds. The molecule has 1 aliphatic rings. The summed E-state index contributed by atoms with van der Waals surface area (Å²) in [4.78, 5) is 13.8. The topological polar surface area (TPSA) is 86.7 Å². The molecule has 2 rings (SSSR count). The maximum atomic E-state index is 12.0. The fourth-order valence-corrected chi connectivity index (χ4v) is 2.08. The third kappa shape index (κ3) is 5.18. The van der Waals surface area contributed by atoms with Crippen LogP contribution in [0.25, 0.3) is 0 Å². The molecule has 0 saturated carbocycles. The molecule has 1 saturated heterocycles. The van der Waals surface area contributed by atoms with Crippen LogP contribution in [0.3, 0.4) is 0 Å². The Morgan fingerprint density at radius 2 is 1.71 bits per heavy atom. The number of nitrogens with zero attached hydrogens (tertiary/aromatic N) is 1. The lowest BCUT2D eigenvalue weighted by Gasteiger charge is -2.27. The van der Waals surface area contributed by atoms with E-state index in [1.165, 1.54) is 5.56 Å². The van der Waals surface area contributed by atoms with Gasteiger partial charge in [0.15, 0.2) is 0 Å². The summed E-state index contributed by atoms with van der Waals surface area (Å²) in [7, 11) is -3.99. The fraction of sp³-hybridized carbons (Fsp3) is 0.500. The summed E-state index contributed by atoms with van der Waals surface area (Å²) in [5, 5.41) is 3.35. The second kappa shape index (κ2) is 7.08. The fourth-order valence-electron chi connectivity index (χ4n) is 2.08. The molecule has 0 unspecified atom stereocenters.